The van der Waals surface area contributed by atoms with Gasteiger partial charge in [0.1, 0.15) is 6.29 Å². The van der Waals surface area contributed by atoms with E-state index in [1.54, 1.807) is 14.1 Å². The van der Waals surface area contributed by atoms with E-state index in [4.69, 9.17) is 0 Å². The average Bonchev–Trinajstić information content (AvgIpc) is 2.18. The molecule has 0 spiro atoms. The van der Waals surface area contributed by atoms with Crippen molar-refractivity contribution in [3.05, 3.63) is 0 Å². The molecule has 0 N–H and O–H groups in total. The van der Waals surface area contributed by atoms with Crippen molar-refractivity contribution in [2.24, 2.45) is 0 Å². The summed E-state index contributed by atoms with van der Waals surface area (Å²) in [6.45, 7) is 8.04. The molecule has 0 aliphatic rings. The van der Waals surface area contributed by atoms with Gasteiger partial charge in [-0.3, -0.25) is 4.79 Å². The predicted octanol–water partition coefficient (Wildman–Crippen LogP) is 2.20. The van der Waals surface area contributed by atoms with E-state index < -0.39 is 0 Å². The van der Waals surface area contributed by atoms with Crippen LogP contribution in [0, 0.1) is 0 Å². The van der Waals surface area contributed by atoms with E-state index in [0.29, 0.717) is 11.7 Å². The van der Waals surface area contributed by atoms with E-state index in [1.807, 2.05) is 27.7 Å². The lowest BCUT2D eigenvalue weighted by Crippen LogP contribution is -2.32. The van der Waals surface area contributed by atoms with E-state index in [1.165, 1.54) is 16.7 Å². The maximum absolute atomic E-state index is 11.5. The molecule has 0 radical (unpaired) electrons. The van der Waals surface area contributed by atoms with E-state index in [9.17, 15) is 9.59 Å². The summed E-state index contributed by atoms with van der Waals surface area (Å²) in [5, 5.41) is 0.154. The summed E-state index contributed by atoms with van der Waals surface area (Å²) < 4.78 is 0. The monoisotopic (exact) mass is 233 g/mol. The minimum absolute atomic E-state index is 0.0193. The number of hydrogen-bond donors (Lipinski definition) is 0. The summed E-state index contributed by atoms with van der Waals surface area (Å²) in [6, 6.07) is 0. The van der Waals surface area contributed by atoms with Crippen molar-refractivity contribution in [2.75, 3.05) is 14.1 Å². The number of thioether (sulfide) groups is 1. The van der Waals surface area contributed by atoms with Crippen LogP contribution in [0.1, 0.15) is 34.1 Å². The summed E-state index contributed by atoms with van der Waals surface area (Å²) in [5.74, 6) is 0.0193. The van der Waals surface area contributed by atoms with Crippen LogP contribution in [-0.4, -0.2) is 41.7 Å². The zero-order chi connectivity index (χ0) is 12.4. The Bertz CT molecular complexity index is 181. The minimum atomic E-state index is -0.215. The van der Waals surface area contributed by atoms with E-state index >= 15 is 0 Å². The van der Waals surface area contributed by atoms with Crippen molar-refractivity contribution >= 4 is 24.0 Å². The molecule has 0 aromatic heterocycles. The standard InChI is InChI=1S/C9H17NO2S.C2H6/c1-7(2)13-8(5-6-11)9(12)10(3)4;1-2/h6-8H,5H2,1-4H3;1-2H3. The van der Waals surface area contributed by atoms with Gasteiger partial charge in [-0.1, -0.05) is 27.7 Å². The highest BCUT2D eigenvalue weighted by molar-refractivity contribution is 8.01. The third-order valence-corrected chi connectivity index (χ3v) is 2.73. The molecule has 4 heteroatoms. The second-order valence-corrected chi connectivity index (χ2v) is 5.09. The van der Waals surface area contributed by atoms with Gasteiger partial charge in [0.25, 0.3) is 0 Å². The molecule has 15 heavy (non-hydrogen) atoms. The molecule has 0 aromatic carbocycles. The smallest absolute Gasteiger partial charge is 0.235 e. The van der Waals surface area contributed by atoms with Crippen LogP contribution < -0.4 is 0 Å². The molecule has 0 aromatic rings. The zero-order valence-electron chi connectivity index (χ0n) is 10.6. The molecule has 3 nitrogen and oxygen atoms in total. The number of rotatable bonds is 5. The van der Waals surface area contributed by atoms with Gasteiger partial charge in [0.05, 0.1) is 5.25 Å². The predicted molar refractivity (Wildman–Crippen MR) is 67.2 cm³/mol. The Morgan fingerprint density at radius 1 is 1.33 bits per heavy atom. The lowest BCUT2D eigenvalue weighted by Gasteiger charge is -2.19. The fourth-order valence-electron chi connectivity index (χ4n) is 0.918. The Kier molecular flexibility index (Phi) is 11.3. The van der Waals surface area contributed by atoms with Crippen LogP contribution in [0.3, 0.4) is 0 Å². The van der Waals surface area contributed by atoms with Gasteiger partial charge in [0.15, 0.2) is 0 Å². The molecule has 0 heterocycles. The average molecular weight is 233 g/mol. The SMILES string of the molecule is CC.CC(C)SC(CC=O)C(=O)N(C)C. The summed E-state index contributed by atoms with van der Waals surface area (Å²) in [7, 11) is 3.42. The van der Waals surface area contributed by atoms with E-state index in [2.05, 4.69) is 0 Å². The van der Waals surface area contributed by atoms with Gasteiger partial charge in [-0.25, -0.2) is 0 Å². The molecule has 1 amide bonds. The lowest BCUT2D eigenvalue weighted by molar-refractivity contribution is -0.129. The van der Waals surface area contributed by atoms with Crippen molar-refractivity contribution in [1.82, 2.24) is 4.90 Å². The molecule has 1 atom stereocenters. The first-order chi connectivity index (χ1) is 6.99. The number of nitrogens with zero attached hydrogens (tertiary/aromatic N) is 1. The largest absolute Gasteiger partial charge is 0.348 e. The minimum Gasteiger partial charge on any atom is -0.348 e. The van der Waals surface area contributed by atoms with Gasteiger partial charge in [-0.2, -0.15) is 0 Å². The maximum atomic E-state index is 11.5. The first kappa shape index (κ1) is 16.9. The van der Waals surface area contributed by atoms with Crippen LogP contribution in [0.2, 0.25) is 0 Å². The number of aldehydes is 1. The molecule has 0 aliphatic heterocycles. The highest BCUT2D eigenvalue weighted by Crippen LogP contribution is 2.20. The summed E-state index contributed by atoms with van der Waals surface area (Å²) in [6.07, 6.45) is 1.11. The number of carbonyl (C=O) groups is 2. The van der Waals surface area contributed by atoms with Gasteiger partial charge in [0.2, 0.25) is 5.91 Å². The molecular formula is C11H23NO2S. The van der Waals surface area contributed by atoms with Gasteiger partial charge in [-0.05, 0) is 5.25 Å². The highest BCUT2D eigenvalue weighted by atomic mass is 32.2. The van der Waals surface area contributed by atoms with Gasteiger partial charge in [0, 0.05) is 20.5 Å². The third kappa shape index (κ3) is 8.48. The van der Waals surface area contributed by atoms with Crippen LogP contribution >= 0.6 is 11.8 Å². The Morgan fingerprint density at radius 2 is 1.80 bits per heavy atom. The van der Waals surface area contributed by atoms with E-state index in [0.717, 1.165) is 6.29 Å². The normalized spacial score (nSPS) is 11.4. The zero-order valence-corrected chi connectivity index (χ0v) is 11.4. The Labute approximate surface area is 97.6 Å². The van der Waals surface area contributed by atoms with Crippen LogP contribution in [0.5, 0.6) is 0 Å². The van der Waals surface area contributed by atoms with Gasteiger partial charge >= 0.3 is 0 Å². The van der Waals surface area contributed by atoms with Gasteiger partial charge < -0.3 is 9.69 Å². The molecule has 0 bridgehead atoms. The highest BCUT2D eigenvalue weighted by Gasteiger charge is 2.21. The molecular weight excluding hydrogens is 210 g/mol. The summed E-state index contributed by atoms with van der Waals surface area (Å²) in [4.78, 5) is 23.4. The third-order valence-electron chi connectivity index (χ3n) is 1.46. The molecule has 0 saturated carbocycles. The Balaban J connectivity index is 0. The van der Waals surface area contributed by atoms with Gasteiger partial charge in [-0.15, -0.1) is 11.8 Å². The number of hydrogen-bond acceptors (Lipinski definition) is 3. The lowest BCUT2D eigenvalue weighted by atomic mass is 10.3. The molecule has 1 unspecified atom stereocenters. The van der Waals surface area contributed by atoms with Crippen LogP contribution in [-0.2, 0) is 9.59 Å². The van der Waals surface area contributed by atoms with Crippen molar-refractivity contribution in [1.29, 1.82) is 0 Å². The van der Waals surface area contributed by atoms with Crippen LogP contribution in [0.4, 0.5) is 0 Å². The first-order valence-electron chi connectivity index (χ1n) is 5.29. The van der Waals surface area contributed by atoms with E-state index in [-0.39, 0.29) is 11.2 Å². The second kappa shape index (κ2) is 10.0. The van der Waals surface area contributed by atoms with Crippen molar-refractivity contribution < 1.29 is 9.59 Å². The van der Waals surface area contributed by atoms with Crippen LogP contribution in [0.15, 0.2) is 0 Å². The number of amides is 1. The molecule has 0 saturated heterocycles. The molecule has 0 aliphatic carbocycles. The Hall–Kier alpha value is -0.510. The first-order valence-corrected chi connectivity index (χ1v) is 6.23. The fraction of sp³-hybridized carbons (Fsp3) is 0.818. The van der Waals surface area contributed by atoms with Crippen LogP contribution in [0.25, 0.3) is 0 Å². The van der Waals surface area contributed by atoms with Crippen molar-refractivity contribution in [3.8, 4) is 0 Å². The Morgan fingerprint density at radius 3 is 2.07 bits per heavy atom. The quantitative estimate of drug-likeness (QED) is 0.683. The number of carbonyl (C=O) groups excluding carboxylic acids is 2. The van der Waals surface area contributed by atoms with Crippen molar-refractivity contribution in [2.45, 2.75) is 44.6 Å². The molecule has 90 valence electrons. The molecule has 0 fully saturated rings. The second-order valence-electron chi connectivity index (χ2n) is 3.31. The molecule has 0 rings (SSSR count). The summed E-state index contributed by atoms with van der Waals surface area (Å²) in [5.41, 5.74) is 0. The fourth-order valence-corrected chi connectivity index (χ4v) is 2.09. The maximum Gasteiger partial charge on any atom is 0.235 e. The topological polar surface area (TPSA) is 37.4 Å². The van der Waals surface area contributed by atoms with Crippen molar-refractivity contribution in [3.63, 3.8) is 0 Å². The summed E-state index contributed by atoms with van der Waals surface area (Å²) >= 11 is 1.54.